The van der Waals surface area contributed by atoms with Crippen LogP contribution in [0.4, 0.5) is 0 Å². The monoisotopic (exact) mass is 303 g/mol. The van der Waals surface area contributed by atoms with E-state index in [0.29, 0.717) is 19.5 Å². The summed E-state index contributed by atoms with van der Waals surface area (Å²) in [5, 5.41) is 20.0. The number of likely N-dealkylation sites (tertiary alicyclic amines) is 1. The van der Waals surface area contributed by atoms with Gasteiger partial charge >= 0.3 is 0 Å². The van der Waals surface area contributed by atoms with E-state index < -0.39 is 11.5 Å². The van der Waals surface area contributed by atoms with Crippen LogP contribution in [-0.2, 0) is 4.79 Å². The molecule has 1 saturated heterocycles. The summed E-state index contributed by atoms with van der Waals surface area (Å²) in [6, 6.07) is 9.66. The Morgan fingerprint density at radius 2 is 2.14 bits per heavy atom. The SMILES string of the molecule is CCC[C@]1(CO)CCN(C(=O)C=Cc2ccccc2)C[C@@H]1O. The molecule has 4 heteroatoms. The maximum atomic E-state index is 12.2. The lowest BCUT2D eigenvalue weighted by Gasteiger charge is -2.44. The van der Waals surface area contributed by atoms with Gasteiger partial charge in [0.15, 0.2) is 0 Å². The molecule has 2 N–H and O–H groups in total. The molecule has 1 aliphatic heterocycles. The van der Waals surface area contributed by atoms with E-state index in [9.17, 15) is 15.0 Å². The normalized spacial score (nSPS) is 25.6. The van der Waals surface area contributed by atoms with Gasteiger partial charge < -0.3 is 15.1 Å². The Hall–Kier alpha value is -1.65. The van der Waals surface area contributed by atoms with Crippen molar-refractivity contribution < 1.29 is 15.0 Å². The summed E-state index contributed by atoms with van der Waals surface area (Å²) in [7, 11) is 0. The van der Waals surface area contributed by atoms with E-state index in [0.717, 1.165) is 18.4 Å². The van der Waals surface area contributed by atoms with Gasteiger partial charge in [-0.05, 0) is 24.5 Å². The highest BCUT2D eigenvalue weighted by Gasteiger charge is 2.41. The largest absolute Gasteiger partial charge is 0.396 e. The van der Waals surface area contributed by atoms with E-state index in [4.69, 9.17) is 0 Å². The number of rotatable bonds is 5. The predicted molar refractivity (Wildman–Crippen MR) is 87.1 cm³/mol. The van der Waals surface area contributed by atoms with Crippen molar-refractivity contribution in [2.75, 3.05) is 19.7 Å². The summed E-state index contributed by atoms with van der Waals surface area (Å²) in [4.78, 5) is 13.9. The molecule has 120 valence electrons. The Morgan fingerprint density at radius 1 is 1.41 bits per heavy atom. The van der Waals surface area contributed by atoms with Crippen LogP contribution in [0.1, 0.15) is 31.7 Å². The Morgan fingerprint density at radius 3 is 2.73 bits per heavy atom. The summed E-state index contributed by atoms with van der Waals surface area (Å²) in [5.41, 5.74) is 0.526. The van der Waals surface area contributed by atoms with Crippen molar-refractivity contribution in [2.45, 2.75) is 32.3 Å². The van der Waals surface area contributed by atoms with Crippen LogP contribution in [0.5, 0.6) is 0 Å². The molecule has 1 aromatic carbocycles. The summed E-state index contributed by atoms with van der Waals surface area (Å²) < 4.78 is 0. The van der Waals surface area contributed by atoms with Crippen LogP contribution in [0.15, 0.2) is 36.4 Å². The van der Waals surface area contributed by atoms with Crippen LogP contribution in [0.2, 0.25) is 0 Å². The number of β-amino-alcohol motifs (C(OH)–C–C–N with tert-alkyl or cyclic N) is 1. The molecule has 4 nitrogen and oxygen atoms in total. The highest BCUT2D eigenvalue weighted by atomic mass is 16.3. The third kappa shape index (κ3) is 3.76. The molecule has 0 aromatic heterocycles. The highest BCUT2D eigenvalue weighted by Crippen LogP contribution is 2.36. The Kier molecular flexibility index (Phi) is 5.75. The van der Waals surface area contributed by atoms with Gasteiger partial charge in [0.2, 0.25) is 5.91 Å². The van der Waals surface area contributed by atoms with E-state index >= 15 is 0 Å². The molecule has 0 unspecified atom stereocenters. The summed E-state index contributed by atoms with van der Waals surface area (Å²) >= 11 is 0. The fraction of sp³-hybridized carbons (Fsp3) is 0.500. The number of nitrogens with zero attached hydrogens (tertiary/aromatic N) is 1. The molecular formula is C18H25NO3. The van der Waals surface area contributed by atoms with Gasteiger partial charge in [0, 0.05) is 24.6 Å². The summed E-state index contributed by atoms with van der Waals surface area (Å²) in [6.45, 7) is 2.89. The first-order chi connectivity index (χ1) is 10.6. The standard InChI is InChI=1S/C18H25NO3/c1-2-10-18(14-20)11-12-19(13-16(18)21)17(22)9-8-15-6-4-3-5-7-15/h3-9,16,20-21H,2,10-14H2,1H3/t16-,18+/m0/s1. The molecule has 1 heterocycles. The first-order valence-corrected chi connectivity index (χ1v) is 7.92. The van der Waals surface area contributed by atoms with Crippen LogP contribution < -0.4 is 0 Å². The molecule has 1 aromatic rings. The average molecular weight is 303 g/mol. The molecule has 22 heavy (non-hydrogen) atoms. The number of hydrogen-bond acceptors (Lipinski definition) is 3. The van der Waals surface area contributed by atoms with Gasteiger partial charge in [0.05, 0.1) is 12.7 Å². The van der Waals surface area contributed by atoms with Crippen molar-refractivity contribution in [3.63, 3.8) is 0 Å². The van der Waals surface area contributed by atoms with Crippen LogP contribution in [0, 0.1) is 5.41 Å². The zero-order valence-electron chi connectivity index (χ0n) is 13.1. The second kappa shape index (κ2) is 7.56. The van der Waals surface area contributed by atoms with Crippen LogP contribution in [-0.4, -0.2) is 46.8 Å². The highest BCUT2D eigenvalue weighted by molar-refractivity contribution is 5.91. The number of carbonyl (C=O) groups is 1. The fourth-order valence-corrected chi connectivity index (χ4v) is 3.11. The lowest BCUT2D eigenvalue weighted by Crippen LogP contribution is -2.53. The van der Waals surface area contributed by atoms with Gasteiger partial charge in [-0.1, -0.05) is 43.7 Å². The van der Waals surface area contributed by atoms with Crippen molar-refractivity contribution in [3.05, 3.63) is 42.0 Å². The number of piperidine rings is 1. The quantitative estimate of drug-likeness (QED) is 0.819. The lowest BCUT2D eigenvalue weighted by molar-refractivity contribution is -0.136. The van der Waals surface area contributed by atoms with Gasteiger partial charge in [0.1, 0.15) is 0 Å². The van der Waals surface area contributed by atoms with E-state index in [1.165, 1.54) is 0 Å². The molecule has 2 atom stereocenters. The third-order valence-corrected chi connectivity index (χ3v) is 4.57. The number of aliphatic hydroxyl groups is 2. The lowest BCUT2D eigenvalue weighted by atomic mass is 9.73. The zero-order valence-corrected chi connectivity index (χ0v) is 13.1. The minimum atomic E-state index is -0.666. The van der Waals surface area contributed by atoms with Crippen molar-refractivity contribution >= 4 is 12.0 Å². The number of benzene rings is 1. The van der Waals surface area contributed by atoms with Crippen molar-refractivity contribution in [2.24, 2.45) is 5.41 Å². The van der Waals surface area contributed by atoms with Gasteiger partial charge in [-0.15, -0.1) is 0 Å². The maximum absolute atomic E-state index is 12.2. The Balaban J connectivity index is 1.98. The Labute approximate surface area is 132 Å². The third-order valence-electron chi connectivity index (χ3n) is 4.57. The van der Waals surface area contributed by atoms with Crippen LogP contribution in [0.3, 0.4) is 0 Å². The molecule has 0 bridgehead atoms. The number of aliphatic hydroxyl groups excluding tert-OH is 2. The van der Waals surface area contributed by atoms with Crippen molar-refractivity contribution in [1.82, 2.24) is 4.90 Å². The molecule has 0 saturated carbocycles. The topological polar surface area (TPSA) is 60.8 Å². The molecular weight excluding hydrogens is 278 g/mol. The second-order valence-corrected chi connectivity index (χ2v) is 6.06. The molecule has 1 aliphatic rings. The zero-order chi connectivity index (χ0) is 16.0. The van der Waals surface area contributed by atoms with Gasteiger partial charge in [-0.2, -0.15) is 0 Å². The van der Waals surface area contributed by atoms with E-state index in [1.807, 2.05) is 37.3 Å². The van der Waals surface area contributed by atoms with Gasteiger partial charge in [0.25, 0.3) is 0 Å². The first-order valence-electron chi connectivity index (χ1n) is 7.92. The first kappa shape index (κ1) is 16.7. The number of hydrogen-bond donors (Lipinski definition) is 2. The smallest absolute Gasteiger partial charge is 0.246 e. The molecule has 1 amide bonds. The molecule has 2 rings (SSSR count). The van der Waals surface area contributed by atoms with Crippen molar-refractivity contribution in [3.8, 4) is 0 Å². The molecule has 0 radical (unpaired) electrons. The average Bonchev–Trinajstić information content (AvgIpc) is 2.55. The minimum Gasteiger partial charge on any atom is -0.396 e. The summed E-state index contributed by atoms with van der Waals surface area (Å²) in [5.74, 6) is -0.0917. The molecule has 0 spiro atoms. The van der Waals surface area contributed by atoms with Crippen molar-refractivity contribution in [1.29, 1.82) is 0 Å². The predicted octanol–water partition coefficient (Wildman–Crippen LogP) is 2.07. The Bertz CT molecular complexity index is 514. The number of carbonyl (C=O) groups excluding carboxylic acids is 1. The molecule has 0 aliphatic carbocycles. The fourth-order valence-electron chi connectivity index (χ4n) is 3.11. The van der Waals surface area contributed by atoms with Crippen LogP contribution in [0.25, 0.3) is 6.08 Å². The van der Waals surface area contributed by atoms with Crippen LogP contribution >= 0.6 is 0 Å². The maximum Gasteiger partial charge on any atom is 0.246 e. The minimum absolute atomic E-state index is 0.0239. The van der Waals surface area contributed by atoms with E-state index in [1.54, 1.807) is 17.1 Å². The van der Waals surface area contributed by atoms with E-state index in [2.05, 4.69) is 0 Å². The second-order valence-electron chi connectivity index (χ2n) is 6.06. The molecule has 1 fully saturated rings. The van der Waals surface area contributed by atoms with Gasteiger partial charge in [-0.3, -0.25) is 4.79 Å². The van der Waals surface area contributed by atoms with Gasteiger partial charge in [-0.25, -0.2) is 0 Å². The summed E-state index contributed by atoms with van der Waals surface area (Å²) in [6.07, 6.45) is 5.01. The van der Waals surface area contributed by atoms with E-state index in [-0.39, 0.29) is 12.5 Å². The number of amides is 1.